The predicted octanol–water partition coefficient (Wildman–Crippen LogP) is 2.72. The smallest absolute Gasteiger partial charge is 0.304 e. The Bertz CT molecular complexity index is 573. The van der Waals surface area contributed by atoms with Gasteiger partial charge < -0.3 is 5.32 Å². The molecule has 2 aliphatic rings. The second-order valence-electron chi connectivity index (χ2n) is 4.44. The van der Waals surface area contributed by atoms with Crippen molar-refractivity contribution in [3.63, 3.8) is 0 Å². The van der Waals surface area contributed by atoms with Crippen LogP contribution in [0.1, 0.15) is 18.1 Å². The highest BCUT2D eigenvalue weighted by Crippen LogP contribution is 2.32. The van der Waals surface area contributed by atoms with E-state index in [0.717, 1.165) is 0 Å². The van der Waals surface area contributed by atoms with Gasteiger partial charge in [-0.1, -0.05) is 22.0 Å². The van der Waals surface area contributed by atoms with E-state index < -0.39 is 0 Å². The Morgan fingerprint density at radius 1 is 1.61 bits per heavy atom. The molecule has 2 amide bonds. The van der Waals surface area contributed by atoms with E-state index in [1.165, 1.54) is 0 Å². The standard InChI is InChI=1S/C12H11BrFN3O/c1-6-5-17-11(15-6)8-3-2-7(4-13)9(14)10(8)16-12(17)18/h2-3,6H,4-5H2,1H3,(H,16,18)/t6-/m1/s1. The van der Waals surface area contributed by atoms with Crippen LogP contribution in [0.4, 0.5) is 14.9 Å². The van der Waals surface area contributed by atoms with Crippen molar-refractivity contribution in [2.75, 3.05) is 11.9 Å². The molecule has 1 aromatic rings. The first kappa shape index (κ1) is 11.6. The molecule has 3 rings (SSSR count). The monoisotopic (exact) mass is 311 g/mol. The fraction of sp³-hybridized carbons (Fsp3) is 0.333. The first-order valence-electron chi connectivity index (χ1n) is 5.66. The summed E-state index contributed by atoms with van der Waals surface area (Å²) in [5.74, 6) is 0.181. The van der Waals surface area contributed by atoms with E-state index in [1.807, 2.05) is 6.92 Å². The lowest BCUT2D eigenvalue weighted by atomic mass is 10.1. The average molecular weight is 312 g/mol. The minimum Gasteiger partial charge on any atom is -0.304 e. The van der Waals surface area contributed by atoms with Gasteiger partial charge in [0.2, 0.25) is 0 Å². The molecule has 18 heavy (non-hydrogen) atoms. The van der Waals surface area contributed by atoms with Gasteiger partial charge in [0, 0.05) is 16.5 Å². The summed E-state index contributed by atoms with van der Waals surface area (Å²) < 4.78 is 14.2. The number of halogens is 2. The van der Waals surface area contributed by atoms with Crippen LogP contribution in [0.25, 0.3) is 0 Å². The van der Waals surface area contributed by atoms with Crippen molar-refractivity contribution < 1.29 is 9.18 Å². The maximum absolute atomic E-state index is 14.2. The van der Waals surface area contributed by atoms with E-state index in [-0.39, 0.29) is 23.6 Å². The maximum Gasteiger partial charge on any atom is 0.327 e. The number of carbonyl (C=O) groups excluding carboxylic acids is 1. The zero-order valence-electron chi connectivity index (χ0n) is 9.70. The number of urea groups is 1. The largest absolute Gasteiger partial charge is 0.327 e. The lowest BCUT2D eigenvalue weighted by Gasteiger charge is -2.27. The average Bonchev–Trinajstić information content (AvgIpc) is 2.73. The summed E-state index contributed by atoms with van der Waals surface area (Å²) in [7, 11) is 0. The van der Waals surface area contributed by atoms with Crippen molar-refractivity contribution in [3.8, 4) is 0 Å². The number of anilines is 1. The van der Waals surface area contributed by atoms with Crippen molar-refractivity contribution in [2.24, 2.45) is 4.99 Å². The van der Waals surface area contributed by atoms with Crippen molar-refractivity contribution >= 4 is 33.5 Å². The van der Waals surface area contributed by atoms with Crippen LogP contribution in [0.15, 0.2) is 17.1 Å². The molecule has 4 nitrogen and oxygen atoms in total. The van der Waals surface area contributed by atoms with E-state index in [1.54, 1.807) is 17.0 Å². The van der Waals surface area contributed by atoms with Gasteiger partial charge in [-0.25, -0.2) is 9.18 Å². The summed E-state index contributed by atoms with van der Waals surface area (Å²) in [4.78, 5) is 17.8. The maximum atomic E-state index is 14.2. The highest BCUT2D eigenvalue weighted by molar-refractivity contribution is 9.08. The van der Waals surface area contributed by atoms with E-state index in [9.17, 15) is 9.18 Å². The number of rotatable bonds is 1. The van der Waals surface area contributed by atoms with E-state index >= 15 is 0 Å². The molecule has 94 valence electrons. The number of aliphatic imine (C=N–C) groups is 1. The summed E-state index contributed by atoms with van der Waals surface area (Å²) in [6.07, 6.45) is 0. The second kappa shape index (κ2) is 4.05. The summed E-state index contributed by atoms with van der Waals surface area (Å²) in [6, 6.07) is 3.26. The molecule has 0 aromatic heterocycles. The Labute approximate surface area is 112 Å². The number of fused-ring (bicyclic) bond motifs is 3. The predicted molar refractivity (Wildman–Crippen MR) is 70.8 cm³/mol. The molecular weight excluding hydrogens is 301 g/mol. The highest BCUT2D eigenvalue weighted by Gasteiger charge is 2.36. The van der Waals surface area contributed by atoms with Crippen LogP contribution < -0.4 is 5.32 Å². The van der Waals surface area contributed by atoms with Gasteiger partial charge in [0.25, 0.3) is 0 Å². The van der Waals surface area contributed by atoms with Crippen molar-refractivity contribution in [1.29, 1.82) is 0 Å². The van der Waals surface area contributed by atoms with Gasteiger partial charge in [-0.2, -0.15) is 0 Å². The summed E-state index contributed by atoms with van der Waals surface area (Å²) in [6.45, 7) is 2.48. The third-order valence-corrected chi connectivity index (χ3v) is 3.73. The first-order valence-corrected chi connectivity index (χ1v) is 6.78. The van der Waals surface area contributed by atoms with Crippen molar-refractivity contribution in [3.05, 3.63) is 29.1 Å². The second-order valence-corrected chi connectivity index (χ2v) is 5.00. The number of alkyl halides is 1. The van der Waals surface area contributed by atoms with Gasteiger partial charge in [-0.05, 0) is 13.0 Å². The minimum atomic E-state index is -0.389. The first-order chi connectivity index (χ1) is 8.61. The minimum absolute atomic E-state index is 0.0515. The van der Waals surface area contributed by atoms with Crippen LogP contribution in [-0.2, 0) is 5.33 Å². The molecule has 6 heteroatoms. The number of amides is 2. The summed E-state index contributed by atoms with van der Waals surface area (Å²) in [5.41, 5.74) is 1.41. The Balaban J connectivity index is 2.19. The van der Waals surface area contributed by atoms with E-state index in [4.69, 9.17) is 0 Å². The molecule has 0 aliphatic carbocycles. The van der Waals surface area contributed by atoms with Crippen molar-refractivity contribution in [1.82, 2.24) is 4.90 Å². The van der Waals surface area contributed by atoms with E-state index in [0.29, 0.717) is 28.8 Å². The fourth-order valence-electron chi connectivity index (χ4n) is 2.27. The zero-order valence-corrected chi connectivity index (χ0v) is 11.3. The zero-order chi connectivity index (χ0) is 12.9. The molecule has 0 saturated carbocycles. The van der Waals surface area contributed by atoms with Crippen LogP contribution in [-0.4, -0.2) is 29.4 Å². The number of benzene rings is 1. The van der Waals surface area contributed by atoms with Crippen LogP contribution in [0.5, 0.6) is 0 Å². The van der Waals surface area contributed by atoms with Gasteiger partial charge in [0.1, 0.15) is 5.84 Å². The number of nitrogens with zero attached hydrogens (tertiary/aromatic N) is 2. The molecule has 1 atom stereocenters. The SMILES string of the molecule is C[C@@H]1CN2C(=O)Nc3c(ccc(CBr)c3F)C2=N1. The highest BCUT2D eigenvalue weighted by atomic mass is 79.9. The molecule has 0 bridgehead atoms. The Kier molecular flexibility index (Phi) is 2.62. The molecule has 1 N–H and O–H groups in total. The topological polar surface area (TPSA) is 44.7 Å². The molecule has 0 saturated heterocycles. The Morgan fingerprint density at radius 3 is 3.11 bits per heavy atom. The molecule has 0 fully saturated rings. The number of amidine groups is 1. The molecule has 1 aromatic carbocycles. The molecular formula is C12H11BrFN3O. The lowest BCUT2D eigenvalue weighted by molar-refractivity contribution is 0.234. The Morgan fingerprint density at radius 2 is 2.39 bits per heavy atom. The summed E-state index contributed by atoms with van der Waals surface area (Å²) in [5, 5.41) is 3.02. The van der Waals surface area contributed by atoms with Gasteiger partial charge in [-0.3, -0.25) is 9.89 Å². The molecule has 2 heterocycles. The third kappa shape index (κ3) is 1.55. The van der Waals surface area contributed by atoms with Gasteiger partial charge in [0.05, 0.1) is 18.3 Å². The Hall–Kier alpha value is -1.43. The third-order valence-electron chi connectivity index (χ3n) is 3.13. The molecule has 2 aliphatic heterocycles. The number of carbonyl (C=O) groups is 1. The van der Waals surface area contributed by atoms with Crippen LogP contribution in [0.2, 0.25) is 0 Å². The lowest BCUT2D eigenvalue weighted by Crippen LogP contribution is -2.43. The molecule has 0 unspecified atom stereocenters. The van der Waals surface area contributed by atoms with Gasteiger partial charge in [0.15, 0.2) is 5.82 Å². The summed E-state index contributed by atoms with van der Waals surface area (Å²) >= 11 is 3.22. The number of hydrogen-bond acceptors (Lipinski definition) is 2. The van der Waals surface area contributed by atoms with Crippen LogP contribution >= 0.6 is 15.9 Å². The fourth-order valence-corrected chi connectivity index (χ4v) is 2.70. The number of nitrogens with one attached hydrogen (secondary N) is 1. The van der Waals surface area contributed by atoms with Gasteiger partial charge >= 0.3 is 6.03 Å². The molecule has 0 radical (unpaired) electrons. The number of hydrogen-bond donors (Lipinski definition) is 1. The van der Waals surface area contributed by atoms with Crippen molar-refractivity contribution in [2.45, 2.75) is 18.3 Å². The molecule has 0 spiro atoms. The van der Waals surface area contributed by atoms with Gasteiger partial charge in [-0.15, -0.1) is 0 Å². The van der Waals surface area contributed by atoms with E-state index in [2.05, 4.69) is 26.2 Å². The normalized spacial score (nSPS) is 21.3. The quantitative estimate of drug-likeness (QED) is 0.796. The van der Waals surface area contributed by atoms with Crippen LogP contribution in [0.3, 0.4) is 0 Å². The van der Waals surface area contributed by atoms with Crippen LogP contribution in [0, 0.1) is 5.82 Å².